The molecule has 6 heteroatoms. The van der Waals surface area contributed by atoms with Crippen LogP contribution in [-0.2, 0) is 4.79 Å². The number of likely N-dealkylation sites (tertiary alicyclic amines) is 1. The molecular formula is C25H27FN2O3. The number of carbonyl (C=O) groups is 2. The zero-order valence-electron chi connectivity index (χ0n) is 17.4. The molecule has 0 aliphatic carbocycles. The number of rotatable bonds is 3. The van der Waals surface area contributed by atoms with Gasteiger partial charge in [0.05, 0.1) is 12.6 Å². The first-order valence-corrected chi connectivity index (χ1v) is 11.1. The van der Waals surface area contributed by atoms with Crippen LogP contribution < -0.4 is 0 Å². The third kappa shape index (κ3) is 3.63. The predicted molar refractivity (Wildman–Crippen MR) is 115 cm³/mol. The normalized spacial score (nSPS) is 27.7. The van der Waals surface area contributed by atoms with Crippen LogP contribution in [0.4, 0.5) is 4.39 Å². The van der Waals surface area contributed by atoms with Crippen LogP contribution in [0.15, 0.2) is 48.5 Å². The zero-order chi connectivity index (χ0) is 21.5. The second kappa shape index (κ2) is 8.08. The summed E-state index contributed by atoms with van der Waals surface area (Å²) in [6, 6.07) is 13.7. The van der Waals surface area contributed by atoms with E-state index in [9.17, 15) is 19.1 Å². The molecule has 5 rings (SSSR count). The molecule has 5 nitrogen and oxygen atoms in total. The Hall–Kier alpha value is -2.73. The minimum absolute atomic E-state index is 0.00682. The Morgan fingerprint density at radius 2 is 1.65 bits per heavy atom. The first-order chi connectivity index (χ1) is 15.0. The van der Waals surface area contributed by atoms with Crippen molar-refractivity contribution in [2.24, 2.45) is 11.8 Å². The predicted octanol–water partition coefficient (Wildman–Crippen LogP) is 3.33. The highest BCUT2D eigenvalue weighted by Gasteiger charge is 2.49. The van der Waals surface area contributed by atoms with Crippen molar-refractivity contribution in [2.45, 2.75) is 37.8 Å². The summed E-state index contributed by atoms with van der Waals surface area (Å²) in [4.78, 5) is 29.7. The van der Waals surface area contributed by atoms with E-state index in [1.807, 2.05) is 34.1 Å². The first kappa shape index (κ1) is 20.2. The molecule has 0 spiro atoms. The van der Waals surface area contributed by atoms with Gasteiger partial charge in [0.25, 0.3) is 5.91 Å². The third-order valence-corrected chi connectivity index (χ3v) is 7.28. The summed E-state index contributed by atoms with van der Waals surface area (Å²) >= 11 is 0. The fourth-order valence-electron chi connectivity index (χ4n) is 5.81. The number of aliphatic hydroxyl groups excluding tert-OH is 1. The molecule has 3 fully saturated rings. The van der Waals surface area contributed by atoms with Crippen molar-refractivity contribution in [2.75, 3.05) is 19.7 Å². The van der Waals surface area contributed by atoms with Crippen molar-refractivity contribution in [3.63, 3.8) is 0 Å². The average Bonchev–Trinajstić information content (AvgIpc) is 2.80. The van der Waals surface area contributed by atoms with Crippen LogP contribution in [0, 0.1) is 17.7 Å². The molecule has 2 amide bonds. The highest BCUT2D eigenvalue weighted by atomic mass is 19.1. The molecule has 0 saturated carbocycles. The van der Waals surface area contributed by atoms with E-state index in [0.717, 1.165) is 30.4 Å². The maximum atomic E-state index is 13.3. The monoisotopic (exact) mass is 422 g/mol. The number of carbonyl (C=O) groups excluding carboxylic acids is 2. The van der Waals surface area contributed by atoms with Crippen LogP contribution in [0.25, 0.3) is 11.1 Å². The van der Waals surface area contributed by atoms with E-state index in [0.29, 0.717) is 25.1 Å². The third-order valence-electron chi connectivity index (χ3n) is 7.28. The molecule has 0 unspecified atom stereocenters. The molecule has 0 radical (unpaired) electrons. The van der Waals surface area contributed by atoms with Gasteiger partial charge in [0.15, 0.2) is 0 Å². The van der Waals surface area contributed by atoms with Crippen LogP contribution >= 0.6 is 0 Å². The summed E-state index contributed by atoms with van der Waals surface area (Å²) in [5.41, 5.74) is 2.47. The minimum atomic E-state index is -0.273. The molecule has 1 N–H and O–H groups in total. The number of amides is 2. The standard InChI is InChI=1S/C25H27FN2O3/c26-21-10-8-17(9-11-21)16-4-6-18(7-5-16)25(31)27-13-19-12-20(14-27)23(15-29)28-22(19)2-1-3-24(28)30/h4-11,19-20,22-23,29H,1-3,12-15H2/t19-,20+,22+,23+/m1/s1. The van der Waals surface area contributed by atoms with E-state index in [4.69, 9.17) is 0 Å². The number of hydrogen-bond acceptors (Lipinski definition) is 3. The van der Waals surface area contributed by atoms with Crippen molar-refractivity contribution >= 4 is 11.8 Å². The van der Waals surface area contributed by atoms with Crippen molar-refractivity contribution in [1.82, 2.24) is 9.80 Å². The van der Waals surface area contributed by atoms with Crippen LogP contribution in [0.1, 0.15) is 36.0 Å². The second-order valence-electron chi connectivity index (χ2n) is 9.06. The highest BCUT2D eigenvalue weighted by Crippen LogP contribution is 2.41. The molecule has 3 aliphatic heterocycles. The van der Waals surface area contributed by atoms with Crippen molar-refractivity contribution in [1.29, 1.82) is 0 Å². The Kier molecular flexibility index (Phi) is 5.26. The molecule has 31 heavy (non-hydrogen) atoms. The van der Waals surface area contributed by atoms with Crippen LogP contribution in [0.2, 0.25) is 0 Å². The Balaban J connectivity index is 1.34. The van der Waals surface area contributed by atoms with Gasteiger partial charge in [-0.3, -0.25) is 9.59 Å². The Morgan fingerprint density at radius 1 is 1.00 bits per heavy atom. The zero-order valence-corrected chi connectivity index (χ0v) is 17.4. The summed E-state index contributed by atoms with van der Waals surface area (Å²) in [7, 11) is 0. The number of piperidine rings is 3. The lowest BCUT2D eigenvalue weighted by Crippen LogP contribution is -2.66. The topological polar surface area (TPSA) is 60.9 Å². The molecule has 4 atom stereocenters. The molecule has 3 heterocycles. The highest BCUT2D eigenvalue weighted by molar-refractivity contribution is 5.95. The number of hydrogen-bond donors (Lipinski definition) is 1. The number of fused-ring (bicyclic) bond motifs is 4. The SMILES string of the molecule is O=C(c1ccc(-c2ccc(F)cc2)cc1)N1C[C@H]2C[C@@H](C1)[C@H](CO)N1C(=O)CCC[C@@H]21. The Morgan fingerprint density at radius 3 is 2.32 bits per heavy atom. The lowest BCUT2D eigenvalue weighted by molar-refractivity contribution is -0.154. The van der Waals surface area contributed by atoms with E-state index < -0.39 is 0 Å². The second-order valence-corrected chi connectivity index (χ2v) is 9.06. The first-order valence-electron chi connectivity index (χ1n) is 11.1. The fraction of sp³-hybridized carbons (Fsp3) is 0.440. The Labute approximate surface area is 181 Å². The van der Waals surface area contributed by atoms with Crippen LogP contribution in [-0.4, -0.2) is 58.5 Å². The smallest absolute Gasteiger partial charge is 0.253 e. The van der Waals surface area contributed by atoms with Crippen molar-refractivity contribution < 1.29 is 19.1 Å². The van der Waals surface area contributed by atoms with E-state index in [1.165, 1.54) is 12.1 Å². The number of aliphatic hydroxyl groups is 1. The van der Waals surface area contributed by atoms with E-state index in [2.05, 4.69) is 0 Å². The van der Waals surface area contributed by atoms with Gasteiger partial charge >= 0.3 is 0 Å². The summed E-state index contributed by atoms with van der Waals surface area (Å²) < 4.78 is 13.2. The number of halogens is 1. The van der Waals surface area contributed by atoms with Crippen molar-refractivity contribution in [3.8, 4) is 11.1 Å². The van der Waals surface area contributed by atoms with Crippen LogP contribution in [0.5, 0.6) is 0 Å². The summed E-state index contributed by atoms with van der Waals surface area (Å²) in [5, 5.41) is 10.0. The molecule has 3 saturated heterocycles. The molecule has 162 valence electrons. The maximum absolute atomic E-state index is 13.3. The van der Waals surface area contributed by atoms with Crippen LogP contribution in [0.3, 0.4) is 0 Å². The van der Waals surface area contributed by atoms with Gasteiger partial charge in [-0.15, -0.1) is 0 Å². The van der Waals surface area contributed by atoms with Gasteiger partial charge in [0.1, 0.15) is 5.82 Å². The molecule has 0 aromatic heterocycles. The summed E-state index contributed by atoms with van der Waals surface area (Å²) in [5.74, 6) is 0.261. The van der Waals surface area contributed by atoms with Gasteiger partial charge in [0, 0.05) is 31.1 Å². The van der Waals surface area contributed by atoms with Gasteiger partial charge in [-0.1, -0.05) is 24.3 Å². The number of benzene rings is 2. The average molecular weight is 423 g/mol. The largest absolute Gasteiger partial charge is 0.394 e. The summed E-state index contributed by atoms with van der Waals surface area (Å²) in [6.45, 7) is 1.17. The molecular weight excluding hydrogens is 395 g/mol. The van der Waals surface area contributed by atoms with E-state index in [-0.39, 0.29) is 48.2 Å². The summed E-state index contributed by atoms with van der Waals surface area (Å²) in [6.07, 6.45) is 3.37. The van der Waals surface area contributed by atoms with E-state index >= 15 is 0 Å². The Bertz CT molecular complexity index is 961. The molecule has 3 aliphatic rings. The van der Waals surface area contributed by atoms with E-state index in [1.54, 1.807) is 12.1 Å². The van der Waals surface area contributed by atoms with Gasteiger partial charge in [-0.2, -0.15) is 0 Å². The van der Waals surface area contributed by atoms with Gasteiger partial charge in [-0.05, 0) is 66.5 Å². The fourth-order valence-corrected chi connectivity index (χ4v) is 5.81. The van der Waals surface area contributed by atoms with Gasteiger partial charge < -0.3 is 14.9 Å². The quantitative estimate of drug-likeness (QED) is 0.826. The lowest BCUT2D eigenvalue weighted by Gasteiger charge is -2.56. The molecule has 2 bridgehead atoms. The molecule has 2 aromatic carbocycles. The maximum Gasteiger partial charge on any atom is 0.253 e. The number of nitrogens with zero attached hydrogens (tertiary/aromatic N) is 2. The van der Waals surface area contributed by atoms with Gasteiger partial charge in [0.2, 0.25) is 5.91 Å². The van der Waals surface area contributed by atoms with Gasteiger partial charge in [-0.25, -0.2) is 4.39 Å². The van der Waals surface area contributed by atoms with Crippen molar-refractivity contribution in [3.05, 3.63) is 59.9 Å². The molecule has 2 aromatic rings. The lowest BCUT2D eigenvalue weighted by atomic mass is 9.72. The minimum Gasteiger partial charge on any atom is -0.394 e.